The highest BCUT2D eigenvalue weighted by Gasteiger charge is 2.25. The first-order chi connectivity index (χ1) is 9.94. The monoisotopic (exact) mass is 310 g/mol. The van der Waals surface area contributed by atoms with Crippen LogP contribution in [-0.2, 0) is 0 Å². The van der Waals surface area contributed by atoms with Gasteiger partial charge >= 0.3 is 0 Å². The number of aryl methyl sites for hydroxylation is 1. The molecule has 0 amide bonds. The van der Waals surface area contributed by atoms with E-state index in [2.05, 4.69) is 50.8 Å². The molecular weight excluding hydrogens is 280 g/mol. The summed E-state index contributed by atoms with van der Waals surface area (Å²) in [5.74, 6) is 0.626. The number of rotatable bonds is 8. The summed E-state index contributed by atoms with van der Waals surface area (Å²) in [6, 6.07) is 7.18. The Labute approximate surface area is 135 Å². The molecule has 2 N–H and O–H groups in total. The minimum atomic E-state index is 0.246. The van der Waals surface area contributed by atoms with Crippen LogP contribution in [0.5, 0.6) is 0 Å². The van der Waals surface area contributed by atoms with E-state index in [1.807, 2.05) is 6.92 Å². The zero-order chi connectivity index (χ0) is 16.0. The molecule has 21 heavy (non-hydrogen) atoms. The van der Waals surface area contributed by atoms with Crippen molar-refractivity contribution in [3.8, 4) is 0 Å². The Bertz CT molecular complexity index is 427. The van der Waals surface area contributed by atoms with Crippen LogP contribution in [0.1, 0.15) is 57.7 Å². The van der Waals surface area contributed by atoms with Crippen molar-refractivity contribution in [1.29, 1.82) is 0 Å². The minimum absolute atomic E-state index is 0.246. The molecule has 0 bridgehead atoms. The average molecular weight is 311 g/mol. The molecule has 0 radical (unpaired) electrons. The van der Waals surface area contributed by atoms with E-state index in [9.17, 15) is 0 Å². The van der Waals surface area contributed by atoms with Gasteiger partial charge in [0.2, 0.25) is 0 Å². The van der Waals surface area contributed by atoms with Crippen molar-refractivity contribution in [2.75, 3.05) is 13.1 Å². The van der Waals surface area contributed by atoms with Gasteiger partial charge in [-0.3, -0.25) is 4.90 Å². The molecule has 2 nitrogen and oxygen atoms in total. The predicted molar refractivity (Wildman–Crippen MR) is 93.9 cm³/mol. The van der Waals surface area contributed by atoms with Gasteiger partial charge < -0.3 is 5.73 Å². The van der Waals surface area contributed by atoms with Crippen molar-refractivity contribution in [2.45, 2.75) is 59.5 Å². The molecule has 1 rings (SSSR count). The molecule has 1 atom stereocenters. The molecule has 0 aromatic heterocycles. The van der Waals surface area contributed by atoms with Crippen molar-refractivity contribution in [1.82, 2.24) is 4.90 Å². The van der Waals surface area contributed by atoms with E-state index in [1.54, 1.807) is 0 Å². The van der Waals surface area contributed by atoms with Crippen LogP contribution in [0.3, 0.4) is 0 Å². The van der Waals surface area contributed by atoms with Gasteiger partial charge in [0.15, 0.2) is 0 Å². The van der Waals surface area contributed by atoms with Crippen LogP contribution >= 0.6 is 11.6 Å². The number of halogens is 1. The molecule has 0 fully saturated rings. The number of hydrogen-bond donors (Lipinski definition) is 1. The van der Waals surface area contributed by atoms with Crippen LogP contribution in [0.25, 0.3) is 0 Å². The quantitative estimate of drug-likeness (QED) is 0.747. The lowest BCUT2D eigenvalue weighted by Gasteiger charge is -2.38. The summed E-state index contributed by atoms with van der Waals surface area (Å²) in [5.41, 5.74) is 8.49. The summed E-state index contributed by atoms with van der Waals surface area (Å²) in [5, 5.41) is 0.833. The highest BCUT2D eigenvalue weighted by Crippen LogP contribution is 2.28. The van der Waals surface area contributed by atoms with Crippen LogP contribution < -0.4 is 5.73 Å². The zero-order valence-corrected chi connectivity index (χ0v) is 15.0. The molecule has 0 aliphatic heterocycles. The Morgan fingerprint density at radius 1 is 1.19 bits per heavy atom. The first-order valence-electron chi connectivity index (χ1n) is 8.16. The fraction of sp³-hybridized carbons (Fsp3) is 0.667. The molecule has 0 spiro atoms. The number of nitrogens with two attached hydrogens (primary N) is 1. The van der Waals surface area contributed by atoms with E-state index in [-0.39, 0.29) is 6.04 Å². The smallest absolute Gasteiger partial charge is 0.0474 e. The molecule has 1 aromatic rings. The molecule has 0 saturated carbocycles. The lowest BCUT2D eigenvalue weighted by Crippen LogP contribution is -2.43. The second-order valence-corrected chi connectivity index (χ2v) is 6.73. The van der Waals surface area contributed by atoms with E-state index < -0.39 is 0 Å². The Balaban J connectivity index is 3.12. The zero-order valence-electron chi connectivity index (χ0n) is 14.2. The molecular formula is C18H31ClN2. The number of hydrogen-bond acceptors (Lipinski definition) is 2. The molecule has 0 saturated heterocycles. The number of nitrogens with zero attached hydrogens (tertiary/aromatic N) is 1. The highest BCUT2D eigenvalue weighted by atomic mass is 35.5. The van der Waals surface area contributed by atoms with E-state index in [1.165, 1.54) is 5.56 Å². The van der Waals surface area contributed by atoms with Gasteiger partial charge in [0.25, 0.3) is 0 Å². The summed E-state index contributed by atoms with van der Waals surface area (Å²) in [6.45, 7) is 12.8. The average Bonchev–Trinajstić information content (AvgIpc) is 2.44. The van der Waals surface area contributed by atoms with Crippen LogP contribution in [0.15, 0.2) is 18.2 Å². The molecule has 0 aliphatic carbocycles. The summed E-state index contributed by atoms with van der Waals surface area (Å²) >= 11 is 6.31. The third-order valence-corrected chi connectivity index (χ3v) is 4.60. The van der Waals surface area contributed by atoms with Gasteiger partial charge in [0.05, 0.1) is 0 Å². The van der Waals surface area contributed by atoms with E-state index >= 15 is 0 Å². The lowest BCUT2D eigenvalue weighted by atomic mass is 9.98. The molecule has 3 heteroatoms. The van der Waals surface area contributed by atoms with Crippen molar-refractivity contribution in [2.24, 2.45) is 11.7 Å². The van der Waals surface area contributed by atoms with E-state index in [4.69, 9.17) is 17.3 Å². The Hall–Kier alpha value is -0.570. The lowest BCUT2D eigenvalue weighted by molar-refractivity contribution is 0.112. The third kappa shape index (κ3) is 4.98. The topological polar surface area (TPSA) is 29.3 Å². The number of benzene rings is 1. The third-order valence-electron chi connectivity index (χ3n) is 4.19. The fourth-order valence-electron chi connectivity index (χ4n) is 2.99. The largest absolute Gasteiger partial charge is 0.329 e. The maximum atomic E-state index is 6.31. The molecule has 120 valence electrons. The second kappa shape index (κ2) is 8.77. The maximum absolute atomic E-state index is 6.31. The van der Waals surface area contributed by atoms with Crippen LogP contribution in [0.4, 0.5) is 0 Å². The van der Waals surface area contributed by atoms with E-state index in [0.29, 0.717) is 18.5 Å². The van der Waals surface area contributed by atoms with Gasteiger partial charge in [-0.2, -0.15) is 0 Å². The minimum Gasteiger partial charge on any atom is -0.329 e. The summed E-state index contributed by atoms with van der Waals surface area (Å²) in [7, 11) is 0. The van der Waals surface area contributed by atoms with Gasteiger partial charge in [0.1, 0.15) is 0 Å². The maximum Gasteiger partial charge on any atom is 0.0474 e. The fourth-order valence-corrected chi connectivity index (χ4v) is 3.18. The van der Waals surface area contributed by atoms with Crippen LogP contribution in [0, 0.1) is 12.8 Å². The molecule has 0 heterocycles. The van der Waals surface area contributed by atoms with Gasteiger partial charge in [-0.1, -0.05) is 51.4 Å². The van der Waals surface area contributed by atoms with Crippen LogP contribution in [0.2, 0.25) is 5.02 Å². The van der Waals surface area contributed by atoms with Crippen LogP contribution in [-0.4, -0.2) is 24.0 Å². The van der Waals surface area contributed by atoms with E-state index in [0.717, 1.165) is 30.0 Å². The first kappa shape index (κ1) is 18.5. The first-order valence-corrected chi connectivity index (χ1v) is 8.54. The van der Waals surface area contributed by atoms with Gasteiger partial charge in [0, 0.05) is 30.2 Å². The highest BCUT2D eigenvalue weighted by molar-refractivity contribution is 6.31. The summed E-state index contributed by atoms with van der Waals surface area (Å²) in [4.78, 5) is 2.58. The predicted octanol–water partition coefficient (Wildman–Crippen LogP) is 4.79. The van der Waals surface area contributed by atoms with Gasteiger partial charge in [-0.05, 0) is 42.9 Å². The standard InChI is InChI=1S/C18H31ClN2/c1-6-16(7-2)21(12-13(3)4)18(11-20)15-9-8-14(5)17(19)10-15/h8-10,13,16,18H,6-7,11-12,20H2,1-5H3. The molecule has 1 unspecified atom stereocenters. The summed E-state index contributed by atoms with van der Waals surface area (Å²) < 4.78 is 0. The van der Waals surface area contributed by atoms with Crippen molar-refractivity contribution >= 4 is 11.6 Å². The Morgan fingerprint density at radius 3 is 2.24 bits per heavy atom. The van der Waals surface area contributed by atoms with Crippen molar-refractivity contribution < 1.29 is 0 Å². The van der Waals surface area contributed by atoms with Gasteiger partial charge in [-0.15, -0.1) is 0 Å². The summed E-state index contributed by atoms with van der Waals surface area (Å²) in [6.07, 6.45) is 2.30. The normalized spacial score (nSPS) is 13.4. The van der Waals surface area contributed by atoms with Crippen molar-refractivity contribution in [3.63, 3.8) is 0 Å². The Kier molecular flexibility index (Phi) is 7.72. The van der Waals surface area contributed by atoms with Crippen molar-refractivity contribution in [3.05, 3.63) is 34.3 Å². The SMILES string of the molecule is CCC(CC)N(CC(C)C)C(CN)c1ccc(C)c(Cl)c1. The Morgan fingerprint density at radius 2 is 1.81 bits per heavy atom. The molecule has 0 aliphatic rings. The van der Waals surface area contributed by atoms with Gasteiger partial charge in [-0.25, -0.2) is 0 Å². The second-order valence-electron chi connectivity index (χ2n) is 6.32. The molecule has 1 aromatic carbocycles.